The van der Waals surface area contributed by atoms with Crippen molar-refractivity contribution in [3.05, 3.63) is 41.8 Å². The standard InChI is InChI=1S/C20H26N2O3S2/c1-14(2)27(24,25)22-18-11-7-16(8-12-18)20(23)21-17-9-5-15(6-10-17)19-4-3-13-26-19/h3-6,9-10,13-14,16,18,22H,7-8,11-12H2,1-2H3,(H,21,23)/t16-,18-. The summed E-state index contributed by atoms with van der Waals surface area (Å²) in [6.45, 7) is 3.34. The van der Waals surface area contributed by atoms with E-state index in [4.69, 9.17) is 0 Å². The zero-order valence-electron chi connectivity index (χ0n) is 15.6. The number of carbonyl (C=O) groups is 1. The van der Waals surface area contributed by atoms with Gasteiger partial charge in [0.25, 0.3) is 0 Å². The van der Waals surface area contributed by atoms with E-state index in [0.29, 0.717) is 25.7 Å². The lowest BCUT2D eigenvalue weighted by molar-refractivity contribution is -0.120. The monoisotopic (exact) mass is 406 g/mol. The quantitative estimate of drug-likeness (QED) is 0.753. The molecule has 3 rings (SSSR count). The van der Waals surface area contributed by atoms with Gasteiger partial charge in [0.1, 0.15) is 0 Å². The molecule has 0 aliphatic heterocycles. The maximum Gasteiger partial charge on any atom is 0.227 e. The van der Waals surface area contributed by atoms with Gasteiger partial charge >= 0.3 is 0 Å². The molecule has 0 unspecified atom stereocenters. The van der Waals surface area contributed by atoms with E-state index in [9.17, 15) is 13.2 Å². The highest BCUT2D eigenvalue weighted by molar-refractivity contribution is 7.90. The Hall–Kier alpha value is -1.70. The zero-order valence-corrected chi connectivity index (χ0v) is 17.3. The van der Waals surface area contributed by atoms with Crippen LogP contribution in [0.15, 0.2) is 41.8 Å². The number of rotatable bonds is 6. The van der Waals surface area contributed by atoms with Crippen LogP contribution in [0, 0.1) is 5.92 Å². The number of amides is 1. The highest BCUT2D eigenvalue weighted by Crippen LogP contribution is 2.28. The smallest absolute Gasteiger partial charge is 0.227 e. The first kappa shape index (κ1) is 20.0. The summed E-state index contributed by atoms with van der Waals surface area (Å²) in [5.41, 5.74) is 1.93. The van der Waals surface area contributed by atoms with E-state index in [1.165, 1.54) is 4.88 Å². The minimum absolute atomic E-state index is 0.0176. The van der Waals surface area contributed by atoms with Crippen molar-refractivity contribution >= 4 is 33.0 Å². The molecule has 7 heteroatoms. The molecule has 1 aliphatic rings. The Morgan fingerprint density at radius 3 is 2.30 bits per heavy atom. The molecule has 1 amide bonds. The van der Waals surface area contributed by atoms with Crippen LogP contribution in [0.2, 0.25) is 0 Å². The van der Waals surface area contributed by atoms with Gasteiger partial charge in [-0.15, -0.1) is 11.3 Å². The van der Waals surface area contributed by atoms with Crippen molar-refractivity contribution in [1.82, 2.24) is 4.72 Å². The van der Waals surface area contributed by atoms with E-state index < -0.39 is 15.3 Å². The Labute approximate surface area is 165 Å². The lowest BCUT2D eigenvalue weighted by atomic mass is 9.86. The van der Waals surface area contributed by atoms with Crippen LogP contribution in [-0.2, 0) is 14.8 Å². The Balaban J connectivity index is 1.51. The molecule has 0 bridgehead atoms. The Morgan fingerprint density at radius 1 is 1.07 bits per heavy atom. The summed E-state index contributed by atoms with van der Waals surface area (Å²) >= 11 is 1.69. The van der Waals surface area contributed by atoms with Crippen molar-refractivity contribution in [1.29, 1.82) is 0 Å². The van der Waals surface area contributed by atoms with Crippen LogP contribution in [-0.4, -0.2) is 25.6 Å². The van der Waals surface area contributed by atoms with E-state index in [2.05, 4.69) is 16.1 Å². The number of sulfonamides is 1. The van der Waals surface area contributed by atoms with E-state index in [1.807, 2.05) is 35.7 Å². The molecule has 1 fully saturated rings. The number of nitrogens with one attached hydrogen (secondary N) is 2. The highest BCUT2D eigenvalue weighted by Gasteiger charge is 2.29. The summed E-state index contributed by atoms with van der Waals surface area (Å²) in [6.07, 6.45) is 2.79. The summed E-state index contributed by atoms with van der Waals surface area (Å²) in [7, 11) is -3.26. The van der Waals surface area contributed by atoms with Crippen LogP contribution >= 0.6 is 11.3 Å². The minimum Gasteiger partial charge on any atom is -0.326 e. The Bertz CT molecular complexity index is 851. The van der Waals surface area contributed by atoms with E-state index >= 15 is 0 Å². The summed E-state index contributed by atoms with van der Waals surface area (Å²) in [5.74, 6) is -0.0502. The van der Waals surface area contributed by atoms with E-state index in [1.54, 1.807) is 25.2 Å². The third-order valence-corrected chi connectivity index (χ3v) is 7.83. The van der Waals surface area contributed by atoms with Crippen molar-refractivity contribution in [2.24, 2.45) is 5.92 Å². The first-order valence-electron chi connectivity index (χ1n) is 9.31. The molecule has 0 radical (unpaired) electrons. The minimum atomic E-state index is -3.26. The molecule has 27 heavy (non-hydrogen) atoms. The molecule has 2 N–H and O–H groups in total. The zero-order chi connectivity index (χ0) is 19.4. The average molecular weight is 407 g/mol. The lowest BCUT2D eigenvalue weighted by Gasteiger charge is -2.28. The van der Waals surface area contributed by atoms with Gasteiger partial charge in [-0.2, -0.15) is 0 Å². The number of benzene rings is 1. The van der Waals surface area contributed by atoms with Crippen LogP contribution in [0.4, 0.5) is 5.69 Å². The third kappa shape index (κ3) is 5.18. The molecule has 5 nitrogen and oxygen atoms in total. The largest absolute Gasteiger partial charge is 0.326 e. The first-order chi connectivity index (χ1) is 12.8. The fourth-order valence-electron chi connectivity index (χ4n) is 3.25. The number of carbonyl (C=O) groups excluding carboxylic acids is 1. The maximum absolute atomic E-state index is 12.5. The van der Waals surface area contributed by atoms with Crippen molar-refractivity contribution < 1.29 is 13.2 Å². The van der Waals surface area contributed by atoms with E-state index in [0.717, 1.165) is 11.3 Å². The second kappa shape index (κ2) is 8.54. The van der Waals surface area contributed by atoms with Crippen LogP contribution in [0.25, 0.3) is 10.4 Å². The molecule has 1 saturated carbocycles. The number of hydrogen-bond donors (Lipinski definition) is 2. The van der Waals surface area contributed by atoms with Crippen LogP contribution in [0.5, 0.6) is 0 Å². The fraction of sp³-hybridized carbons (Fsp3) is 0.450. The summed E-state index contributed by atoms with van der Waals surface area (Å²) in [5, 5.41) is 4.60. The summed E-state index contributed by atoms with van der Waals surface area (Å²) in [4.78, 5) is 13.7. The second-order valence-electron chi connectivity index (χ2n) is 7.30. The molecule has 1 heterocycles. The van der Waals surface area contributed by atoms with Gasteiger partial charge in [-0.1, -0.05) is 18.2 Å². The topological polar surface area (TPSA) is 75.3 Å². The molecule has 0 spiro atoms. The third-order valence-electron chi connectivity index (χ3n) is 5.01. The highest BCUT2D eigenvalue weighted by atomic mass is 32.2. The number of thiophene rings is 1. The Morgan fingerprint density at radius 2 is 1.74 bits per heavy atom. The fourth-order valence-corrected chi connectivity index (χ4v) is 4.95. The molecular formula is C20H26N2O3S2. The summed E-state index contributed by atoms with van der Waals surface area (Å²) < 4.78 is 26.7. The Kier molecular flexibility index (Phi) is 6.34. The molecule has 146 valence electrons. The lowest BCUT2D eigenvalue weighted by Crippen LogP contribution is -2.42. The van der Waals surface area contributed by atoms with Gasteiger partial charge in [0.2, 0.25) is 15.9 Å². The van der Waals surface area contributed by atoms with Crippen molar-refractivity contribution in [3.63, 3.8) is 0 Å². The molecule has 0 atom stereocenters. The molecule has 1 aromatic carbocycles. The van der Waals surface area contributed by atoms with Gasteiger partial charge in [0.05, 0.1) is 5.25 Å². The predicted octanol–water partition coefficient (Wildman–Crippen LogP) is 4.24. The van der Waals surface area contributed by atoms with Crippen LogP contribution in [0.3, 0.4) is 0 Å². The molecular weight excluding hydrogens is 380 g/mol. The molecule has 0 saturated heterocycles. The molecule has 2 aromatic rings. The van der Waals surface area contributed by atoms with Gasteiger partial charge in [-0.05, 0) is 68.7 Å². The van der Waals surface area contributed by atoms with Crippen LogP contribution in [0.1, 0.15) is 39.5 Å². The predicted molar refractivity (Wildman–Crippen MR) is 111 cm³/mol. The molecule has 1 aliphatic carbocycles. The van der Waals surface area contributed by atoms with Gasteiger partial charge in [-0.25, -0.2) is 13.1 Å². The van der Waals surface area contributed by atoms with Gasteiger partial charge < -0.3 is 5.32 Å². The van der Waals surface area contributed by atoms with Crippen molar-refractivity contribution in [2.75, 3.05) is 5.32 Å². The second-order valence-corrected chi connectivity index (χ2v) is 10.5. The van der Waals surface area contributed by atoms with Crippen molar-refractivity contribution in [2.45, 2.75) is 50.8 Å². The number of hydrogen-bond acceptors (Lipinski definition) is 4. The summed E-state index contributed by atoms with van der Waals surface area (Å²) in [6, 6.07) is 11.9. The van der Waals surface area contributed by atoms with Gasteiger partial charge in [-0.3, -0.25) is 4.79 Å². The normalized spacial score (nSPS) is 20.6. The number of anilines is 1. The average Bonchev–Trinajstić information content (AvgIpc) is 3.17. The van der Waals surface area contributed by atoms with Gasteiger partial charge in [0.15, 0.2) is 0 Å². The van der Waals surface area contributed by atoms with Gasteiger partial charge in [0, 0.05) is 22.5 Å². The first-order valence-corrected chi connectivity index (χ1v) is 11.7. The maximum atomic E-state index is 12.5. The van der Waals surface area contributed by atoms with Crippen LogP contribution < -0.4 is 10.0 Å². The van der Waals surface area contributed by atoms with Crippen molar-refractivity contribution in [3.8, 4) is 10.4 Å². The SMILES string of the molecule is CC(C)S(=O)(=O)N[C@H]1CC[C@H](C(=O)Nc2ccc(-c3cccs3)cc2)CC1. The molecule has 1 aromatic heterocycles. The van der Waals surface area contributed by atoms with E-state index in [-0.39, 0.29) is 17.9 Å².